The molecule has 2 aliphatic carbocycles. The minimum Gasteiger partial charge on any atom is -0.351 e. The first-order valence-corrected chi connectivity index (χ1v) is 15.4. The second-order valence-corrected chi connectivity index (χ2v) is 13.8. The van der Waals surface area contributed by atoms with Crippen molar-refractivity contribution in [2.75, 3.05) is 11.4 Å². The minimum atomic E-state index is -10.1. The lowest BCUT2D eigenvalue weighted by Gasteiger charge is -2.41. The largest absolute Gasteiger partial charge is 0.351 e. The molecule has 3 fully saturated rings. The Kier molecular flexibility index (Phi) is 7.15. The highest BCUT2D eigenvalue weighted by Gasteiger charge is 2.65. The highest BCUT2D eigenvalue weighted by Crippen LogP contribution is 3.02. The molecule has 234 valence electrons. The number of halogens is 8. The molecule has 5 rings (SSSR count). The molecule has 1 aromatic carbocycles. The Morgan fingerprint density at radius 1 is 1.05 bits per heavy atom. The van der Waals surface area contributed by atoms with Gasteiger partial charge in [0.05, 0.1) is 6.20 Å². The number of aromatic nitrogens is 1. The van der Waals surface area contributed by atoms with Gasteiger partial charge < -0.3 is 5.32 Å². The Morgan fingerprint density at radius 2 is 1.70 bits per heavy atom. The van der Waals surface area contributed by atoms with E-state index in [1.54, 1.807) is 0 Å². The number of nitrogens with zero attached hydrogens (tertiary/aromatic N) is 4. The number of benzene rings is 1. The van der Waals surface area contributed by atoms with Crippen LogP contribution >= 0.6 is 10.2 Å². The number of pyridine rings is 1. The Labute approximate surface area is 241 Å². The summed E-state index contributed by atoms with van der Waals surface area (Å²) in [7, 11) is -10.1. The number of hydrogen-bond donors (Lipinski definition) is 1. The van der Waals surface area contributed by atoms with Gasteiger partial charge in [0.25, 0.3) is 5.91 Å². The number of rotatable bonds is 7. The van der Waals surface area contributed by atoms with E-state index in [9.17, 15) is 47.5 Å². The fraction of sp³-hybridized carbons (Fsp3) is 0.481. The number of fused-ring (bicyclic) bond motifs is 1. The van der Waals surface area contributed by atoms with Gasteiger partial charge >= 0.3 is 10.2 Å². The number of nitriles is 1. The number of hydrogen-bond acceptors (Lipinski definition) is 5. The molecule has 3 aliphatic rings. The fourth-order valence-corrected chi connectivity index (χ4v) is 6.77. The monoisotopic (exact) mass is 637 g/mol. The molecule has 43 heavy (non-hydrogen) atoms. The lowest BCUT2D eigenvalue weighted by atomic mass is 9.72. The number of amides is 2. The minimum absolute atomic E-state index is 0.0297. The van der Waals surface area contributed by atoms with Gasteiger partial charge in [-0.1, -0.05) is 19.4 Å². The average Bonchev–Trinajstić information content (AvgIpc) is 3.15. The molecule has 0 radical (unpaired) electrons. The molecule has 4 unspecified atom stereocenters. The molecule has 0 spiro atoms. The van der Waals surface area contributed by atoms with Crippen LogP contribution in [0.15, 0.2) is 47.6 Å². The SMILES string of the molecule is N#CN1CC2CCC2C1C(=O)N(c1ccc(S(F)(F)(F)(F)F)cc1)C(C(=O)NC1CCC(F)(F)CC1)c1cncc(F)c1. The van der Waals surface area contributed by atoms with Gasteiger partial charge in [0, 0.05) is 42.9 Å². The van der Waals surface area contributed by atoms with Crippen molar-refractivity contribution in [2.45, 2.75) is 67.5 Å². The van der Waals surface area contributed by atoms with Crippen LogP contribution in [-0.4, -0.2) is 46.2 Å². The van der Waals surface area contributed by atoms with Crippen molar-refractivity contribution in [3.8, 4) is 6.19 Å². The van der Waals surface area contributed by atoms with Crippen LogP contribution in [-0.2, 0) is 9.59 Å². The fourth-order valence-electron chi connectivity index (χ4n) is 6.12. The van der Waals surface area contributed by atoms with Crippen molar-refractivity contribution < 1.29 is 42.2 Å². The normalized spacial score (nSPS) is 25.7. The summed E-state index contributed by atoms with van der Waals surface area (Å²) in [6, 6.07) is -1.45. The Morgan fingerprint density at radius 3 is 2.23 bits per heavy atom. The third kappa shape index (κ3) is 6.36. The molecule has 7 nitrogen and oxygen atoms in total. The van der Waals surface area contributed by atoms with Crippen LogP contribution in [0.4, 0.5) is 38.3 Å². The molecule has 1 N–H and O–H groups in total. The molecular formula is C27H27F8N5O2S. The van der Waals surface area contributed by atoms with Gasteiger partial charge in [-0.05, 0) is 67.9 Å². The van der Waals surface area contributed by atoms with Crippen LogP contribution in [0.5, 0.6) is 0 Å². The van der Waals surface area contributed by atoms with Gasteiger partial charge in [0.2, 0.25) is 11.8 Å². The molecule has 2 aromatic rings. The summed E-state index contributed by atoms with van der Waals surface area (Å²) in [5, 5.41) is 12.3. The standard InChI is InChI=1S/C27H27F8N5O2S/c28-18-11-17(12-37-13-18)23(25(41)38-19-7-9-27(29,30)10-8-19)40(20-2-4-21(5-3-20)43(31,32,33,34)35)26(42)24-22-6-1-16(22)14-39(24)15-36/h2-5,11-13,16,19,22-24H,1,6-10,14H2,(H,38,41). The van der Waals surface area contributed by atoms with E-state index in [-0.39, 0.29) is 48.9 Å². The topological polar surface area (TPSA) is 89.3 Å². The Balaban J connectivity index is 1.60. The Hall–Kier alpha value is -3.61. The van der Waals surface area contributed by atoms with Crippen LogP contribution in [0, 0.1) is 29.1 Å². The van der Waals surface area contributed by atoms with Crippen LogP contribution in [0.1, 0.15) is 50.1 Å². The molecule has 2 amide bonds. The molecule has 2 heterocycles. The van der Waals surface area contributed by atoms with Crippen molar-refractivity contribution in [1.29, 1.82) is 5.26 Å². The number of anilines is 1. The summed E-state index contributed by atoms with van der Waals surface area (Å²) in [6.45, 7) is 0.225. The lowest BCUT2D eigenvalue weighted by Crippen LogP contribution is -2.54. The summed E-state index contributed by atoms with van der Waals surface area (Å²) in [6.07, 6.45) is 3.77. The maximum atomic E-state index is 14.4. The zero-order chi connectivity index (χ0) is 31.4. The maximum Gasteiger partial charge on any atom is 0.310 e. The van der Waals surface area contributed by atoms with Gasteiger partial charge in [-0.2, -0.15) is 5.26 Å². The predicted octanol–water partition coefficient (Wildman–Crippen LogP) is 6.84. The predicted molar refractivity (Wildman–Crippen MR) is 140 cm³/mol. The number of nitrogens with one attached hydrogen (secondary N) is 1. The van der Waals surface area contributed by atoms with E-state index in [0.717, 1.165) is 29.8 Å². The third-order valence-corrected chi connectivity index (χ3v) is 9.60. The van der Waals surface area contributed by atoms with Gasteiger partial charge in [0.15, 0.2) is 6.19 Å². The summed E-state index contributed by atoms with van der Waals surface area (Å²) in [5.41, 5.74) is -0.619. The van der Waals surface area contributed by atoms with E-state index >= 15 is 0 Å². The quantitative estimate of drug-likeness (QED) is 0.265. The van der Waals surface area contributed by atoms with Gasteiger partial charge in [-0.15, -0.1) is 0 Å². The maximum absolute atomic E-state index is 14.4. The molecular weight excluding hydrogens is 610 g/mol. The second kappa shape index (κ2) is 9.96. The van der Waals surface area contributed by atoms with Crippen LogP contribution in [0.2, 0.25) is 0 Å². The highest BCUT2D eigenvalue weighted by molar-refractivity contribution is 8.45. The number of likely N-dealkylation sites (tertiary alicyclic amines) is 1. The Bertz CT molecular complexity index is 1460. The summed E-state index contributed by atoms with van der Waals surface area (Å²) >= 11 is 0. The molecule has 2 saturated carbocycles. The number of alkyl halides is 2. The van der Waals surface area contributed by atoms with E-state index < -0.39 is 75.3 Å². The molecule has 0 bridgehead atoms. The summed E-state index contributed by atoms with van der Waals surface area (Å²) in [5.74, 6) is -6.07. The lowest BCUT2D eigenvalue weighted by molar-refractivity contribution is -0.130. The van der Waals surface area contributed by atoms with Gasteiger partial charge in [0.1, 0.15) is 22.8 Å². The summed E-state index contributed by atoms with van der Waals surface area (Å²) in [4.78, 5) is 31.6. The van der Waals surface area contributed by atoms with E-state index in [0.29, 0.717) is 18.6 Å². The zero-order valence-corrected chi connectivity index (χ0v) is 23.2. The molecule has 1 aromatic heterocycles. The molecule has 1 saturated heterocycles. The van der Waals surface area contributed by atoms with Crippen molar-refractivity contribution in [2.24, 2.45) is 11.8 Å². The number of carbonyl (C=O) groups is 2. The van der Waals surface area contributed by atoms with Crippen molar-refractivity contribution in [3.63, 3.8) is 0 Å². The van der Waals surface area contributed by atoms with Crippen LogP contribution in [0.25, 0.3) is 0 Å². The highest BCUT2D eigenvalue weighted by atomic mass is 32.5. The average molecular weight is 638 g/mol. The van der Waals surface area contributed by atoms with E-state index in [2.05, 4.69) is 10.3 Å². The van der Waals surface area contributed by atoms with Crippen LogP contribution < -0.4 is 10.2 Å². The zero-order valence-electron chi connectivity index (χ0n) is 22.4. The van der Waals surface area contributed by atoms with Gasteiger partial charge in [-0.25, -0.2) is 13.2 Å². The summed E-state index contributed by atoms with van der Waals surface area (Å²) < 4.78 is 109. The first-order valence-electron chi connectivity index (χ1n) is 13.5. The smallest absolute Gasteiger partial charge is 0.310 e. The number of carbonyl (C=O) groups excluding carboxylic acids is 2. The first kappa shape index (κ1) is 30.8. The second-order valence-electron chi connectivity index (χ2n) is 11.3. The molecule has 1 aliphatic heterocycles. The van der Waals surface area contributed by atoms with E-state index in [1.807, 2.05) is 6.19 Å². The molecule has 16 heteroatoms. The van der Waals surface area contributed by atoms with Crippen LogP contribution in [0.3, 0.4) is 0 Å². The van der Waals surface area contributed by atoms with Crippen molar-refractivity contribution >= 4 is 27.7 Å². The third-order valence-electron chi connectivity index (χ3n) is 8.44. The van der Waals surface area contributed by atoms with Gasteiger partial charge in [-0.3, -0.25) is 24.4 Å². The first-order chi connectivity index (χ1) is 19.9. The van der Waals surface area contributed by atoms with Crippen molar-refractivity contribution in [1.82, 2.24) is 15.2 Å². The van der Waals surface area contributed by atoms with E-state index in [1.165, 1.54) is 4.90 Å². The molecule has 4 atom stereocenters. The van der Waals surface area contributed by atoms with Crippen molar-refractivity contribution in [3.05, 3.63) is 54.1 Å². The van der Waals surface area contributed by atoms with E-state index in [4.69, 9.17) is 0 Å².